The number of aliphatic hydroxyl groups excluding tert-OH is 1. The topological polar surface area (TPSA) is 55.8 Å². The van der Waals surface area contributed by atoms with Crippen LogP contribution in [-0.4, -0.2) is 37.0 Å². The maximum Gasteiger partial charge on any atom is 0.306 e. The maximum atomic E-state index is 12.2. The summed E-state index contributed by atoms with van der Waals surface area (Å²) in [5.41, 5.74) is 0. The van der Waals surface area contributed by atoms with Crippen LogP contribution in [0, 0.1) is 0 Å². The van der Waals surface area contributed by atoms with Crippen molar-refractivity contribution in [2.75, 3.05) is 19.8 Å². The summed E-state index contributed by atoms with van der Waals surface area (Å²) in [7, 11) is 0. The van der Waals surface area contributed by atoms with E-state index in [1.54, 1.807) is 0 Å². The average Bonchev–Trinajstić information content (AvgIpc) is 3.22. The summed E-state index contributed by atoms with van der Waals surface area (Å²) in [6, 6.07) is 0. The summed E-state index contributed by atoms with van der Waals surface area (Å²) < 4.78 is 11.1. The normalized spacial score (nSPS) is 13.8. The summed E-state index contributed by atoms with van der Waals surface area (Å²) in [5.74, 6) is -0.271. The minimum Gasteiger partial charge on any atom is -0.457 e. The summed E-state index contributed by atoms with van der Waals surface area (Å²) in [4.78, 5) is 12.2. The Bertz CT molecular complexity index is 1230. The highest BCUT2D eigenvalue weighted by Crippen LogP contribution is 2.09. The van der Waals surface area contributed by atoms with Gasteiger partial charge in [-0.3, -0.25) is 4.79 Å². The van der Waals surface area contributed by atoms with Crippen LogP contribution in [0.25, 0.3) is 0 Å². The molecule has 0 aliphatic rings. The summed E-state index contributed by atoms with van der Waals surface area (Å²) in [6.45, 7) is 4.99. The van der Waals surface area contributed by atoms with Crippen molar-refractivity contribution in [1.29, 1.82) is 0 Å². The number of carbonyl (C=O) groups excluding carboxylic acids is 1. The number of aliphatic hydroxyl groups is 1. The minimum absolute atomic E-state index is 0.213. The molecule has 57 heavy (non-hydrogen) atoms. The van der Waals surface area contributed by atoms with Gasteiger partial charge < -0.3 is 14.6 Å². The number of esters is 1. The fourth-order valence-corrected chi connectivity index (χ4v) is 5.40. The Labute approximate surface area is 351 Å². The molecule has 0 aliphatic heterocycles. The summed E-state index contributed by atoms with van der Waals surface area (Å²) in [5, 5.41) is 9.61. The van der Waals surface area contributed by atoms with Crippen LogP contribution in [0.5, 0.6) is 0 Å². The molecule has 1 atom stereocenters. The lowest BCUT2D eigenvalue weighted by Gasteiger charge is -2.15. The largest absolute Gasteiger partial charge is 0.457 e. The number of carbonyl (C=O) groups is 1. The summed E-state index contributed by atoms with van der Waals surface area (Å²) in [6.07, 6.45) is 74.8. The van der Waals surface area contributed by atoms with Crippen molar-refractivity contribution in [3.8, 4) is 0 Å². The molecule has 4 heteroatoms. The fourth-order valence-electron chi connectivity index (χ4n) is 5.40. The number of rotatable bonds is 39. The van der Waals surface area contributed by atoms with Crippen molar-refractivity contribution in [1.82, 2.24) is 0 Å². The Morgan fingerprint density at radius 2 is 0.737 bits per heavy atom. The molecule has 0 saturated heterocycles. The smallest absolute Gasteiger partial charge is 0.306 e. The van der Waals surface area contributed by atoms with E-state index in [0.29, 0.717) is 13.0 Å². The van der Waals surface area contributed by atoms with Crippen LogP contribution in [0.4, 0.5) is 0 Å². The third kappa shape index (κ3) is 46.5. The van der Waals surface area contributed by atoms with E-state index in [2.05, 4.69) is 160 Å². The van der Waals surface area contributed by atoms with Crippen molar-refractivity contribution in [2.45, 2.75) is 161 Å². The molecule has 1 N–H and O–H groups in total. The Balaban J connectivity index is 3.65. The molecule has 0 bridgehead atoms. The molecular formula is C53H82O4. The molecule has 318 valence electrons. The number of hydrogen-bond donors (Lipinski definition) is 1. The lowest BCUT2D eigenvalue weighted by Crippen LogP contribution is -2.27. The number of ether oxygens (including phenoxy) is 2. The van der Waals surface area contributed by atoms with E-state index in [1.165, 1.54) is 25.7 Å². The first-order valence-electron chi connectivity index (χ1n) is 22.4. The van der Waals surface area contributed by atoms with Gasteiger partial charge in [-0.2, -0.15) is 0 Å². The highest BCUT2D eigenvalue weighted by molar-refractivity contribution is 5.69. The Kier molecular flexibility index (Phi) is 45.3. The van der Waals surface area contributed by atoms with E-state index in [-0.39, 0.29) is 19.2 Å². The molecule has 0 aliphatic carbocycles. The molecule has 4 nitrogen and oxygen atoms in total. The second kappa shape index (κ2) is 48.4. The Morgan fingerprint density at radius 1 is 0.421 bits per heavy atom. The highest BCUT2D eigenvalue weighted by atomic mass is 16.6. The van der Waals surface area contributed by atoms with Gasteiger partial charge in [-0.25, -0.2) is 0 Å². The second-order valence-electron chi connectivity index (χ2n) is 14.0. The monoisotopic (exact) mass is 783 g/mol. The second-order valence-corrected chi connectivity index (χ2v) is 14.0. The minimum atomic E-state index is -0.586. The van der Waals surface area contributed by atoms with Gasteiger partial charge >= 0.3 is 5.97 Å². The lowest BCUT2D eigenvalue weighted by atomic mass is 10.1. The zero-order valence-electron chi connectivity index (χ0n) is 36.3. The predicted molar refractivity (Wildman–Crippen MR) is 250 cm³/mol. The molecule has 1 unspecified atom stereocenters. The zero-order chi connectivity index (χ0) is 41.2. The molecule has 0 amide bonds. The van der Waals surface area contributed by atoms with Gasteiger partial charge in [-0.05, 0) is 109 Å². The van der Waals surface area contributed by atoms with Crippen molar-refractivity contribution >= 4 is 5.97 Å². The number of hydrogen-bond acceptors (Lipinski definition) is 4. The van der Waals surface area contributed by atoms with Gasteiger partial charge in [-0.1, -0.05) is 185 Å². The van der Waals surface area contributed by atoms with Crippen molar-refractivity contribution in [2.24, 2.45) is 0 Å². The van der Waals surface area contributed by atoms with Crippen LogP contribution < -0.4 is 0 Å². The molecule has 0 aromatic rings. The molecule has 0 aromatic heterocycles. The van der Waals surface area contributed by atoms with E-state index in [0.717, 1.165) is 109 Å². The van der Waals surface area contributed by atoms with Gasteiger partial charge in [0.15, 0.2) is 0 Å². The van der Waals surface area contributed by atoms with Crippen molar-refractivity contribution in [3.05, 3.63) is 146 Å². The number of allylic oxidation sites excluding steroid dienone is 24. The van der Waals surface area contributed by atoms with Gasteiger partial charge in [0, 0.05) is 13.0 Å². The molecular weight excluding hydrogens is 701 g/mol. The van der Waals surface area contributed by atoms with Crippen LogP contribution >= 0.6 is 0 Å². The van der Waals surface area contributed by atoms with Crippen molar-refractivity contribution < 1.29 is 19.4 Å². The first kappa shape index (κ1) is 53.3. The SMILES string of the molecule is CC/C=C\C/C=C\C/C=C\C/C=C\C/C=C\C/C=C\C/C=C\CCCC(=O)OC(CO)COCCCCCCCC/C=C\C/C=C\C/C=C\C/C=C\C/C=C\CC. The maximum absolute atomic E-state index is 12.2. The van der Waals surface area contributed by atoms with Gasteiger partial charge in [0.1, 0.15) is 6.10 Å². The molecule has 0 heterocycles. The van der Waals surface area contributed by atoms with E-state index in [4.69, 9.17) is 9.47 Å². The standard InChI is InChI=1S/C53H82O4/c1-3-5-7-9-11-13-15-17-19-21-23-25-27-28-30-32-34-36-38-40-42-44-46-48-53(55)57-52(50-54)51-56-49-47-45-43-41-39-37-35-33-31-29-26-24-22-20-18-16-14-12-10-8-6-4-2/h5-8,11-14,17-20,23-26,28,30-31,33-34,36,40,42,52,54H,3-4,9-10,15-16,21-22,27,29,32,35,37-39,41,43-51H2,1-2H3/b7-5-,8-6-,13-11-,14-12-,19-17-,20-18-,25-23-,26-24-,30-28-,33-31-,36-34-,42-40-. The van der Waals surface area contributed by atoms with Crippen LogP contribution in [0.2, 0.25) is 0 Å². The zero-order valence-corrected chi connectivity index (χ0v) is 36.3. The third-order valence-electron chi connectivity index (χ3n) is 8.66. The van der Waals surface area contributed by atoms with E-state index >= 15 is 0 Å². The highest BCUT2D eigenvalue weighted by Gasteiger charge is 2.13. The van der Waals surface area contributed by atoms with Crippen LogP contribution in [-0.2, 0) is 14.3 Å². The first-order valence-corrected chi connectivity index (χ1v) is 22.4. The Morgan fingerprint density at radius 3 is 1.11 bits per heavy atom. The first-order chi connectivity index (χ1) is 28.2. The Hall–Kier alpha value is -3.73. The van der Waals surface area contributed by atoms with Gasteiger partial charge in [-0.15, -0.1) is 0 Å². The van der Waals surface area contributed by atoms with Crippen LogP contribution in [0.3, 0.4) is 0 Å². The molecule has 0 radical (unpaired) electrons. The average molecular weight is 783 g/mol. The number of unbranched alkanes of at least 4 members (excludes halogenated alkanes) is 7. The van der Waals surface area contributed by atoms with Crippen molar-refractivity contribution in [3.63, 3.8) is 0 Å². The van der Waals surface area contributed by atoms with E-state index in [1.807, 2.05) is 0 Å². The van der Waals surface area contributed by atoms with Gasteiger partial charge in [0.2, 0.25) is 0 Å². The molecule has 0 fully saturated rings. The lowest BCUT2D eigenvalue weighted by molar-refractivity contribution is -0.154. The fraction of sp³-hybridized carbons (Fsp3) is 0.528. The van der Waals surface area contributed by atoms with E-state index < -0.39 is 6.10 Å². The van der Waals surface area contributed by atoms with Gasteiger partial charge in [0.05, 0.1) is 13.2 Å². The van der Waals surface area contributed by atoms with Crippen LogP contribution in [0.15, 0.2) is 146 Å². The summed E-state index contributed by atoms with van der Waals surface area (Å²) >= 11 is 0. The molecule has 0 aromatic carbocycles. The predicted octanol–water partition coefficient (Wildman–Crippen LogP) is 15.2. The molecule has 0 rings (SSSR count). The van der Waals surface area contributed by atoms with Crippen LogP contribution in [0.1, 0.15) is 155 Å². The van der Waals surface area contributed by atoms with E-state index in [9.17, 15) is 9.90 Å². The third-order valence-corrected chi connectivity index (χ3v) is 8.66. The quantitative estimate of drug-likeness (QED) is 0.0383. The molecule has 0 spiro atoms. The van der Waals surface area contributed by atoms with Gasteiger partial charge in [0.25, 0.3) is 0 Å². The molecule has 0 saturated carbocycles.